The normalized spacial score (nSPS) is 20.8. The largest absolute Gasteiger partial charge is 0.344 e. The van der Waals surface area contributed by atoms with Crippen LogP contribution in [0.25, 0.3) is 0 Å². The van der Waals surface area contributed by atoms with Crippen molar-refractivity contribution in [2.45, 2.75) is 45.1 Å². The Balaban J connectivity index is 2.27. The van der Waals surface area contributed by atoms with Gasteiger partial charge >= 0.3 is 0 Å². The molecule has 100 valence electrons. The van der Waals surface area contributed by atoms with Gasteiger partial charge in [0.2, 0.25) is 5.91 Å². The van der Waals surface area contributed by atoms with E-state index in [-0.39, 0.29) is 5.91 Å². The predicted octanol–water partition coefficient (Wildman–Crippen LogP) is 2.34. The third kappa shape index (κ3) is 4.84. The summed E-state index contributed by atoms with van der Waals surface area (Å²) in [6, 6.07) is 0.571. The molecular weight excluding hydrogens is 236 g/mol. The third-order valence-electron chi connectivity index (χ3n) is 3.59. The van der Waals surface area contributed by atoms with Crippen LogP contribution < -0.4 is 0 Å². The Labute approximate surface area is 110 Å². The van der Waals surface area contributed by atoms with E-state index in [9.17, 15) is 4.79 Å². The van der Waals surface area contributed by atoms with Crippen LogP contribution in [0.5, 0.6) is 0 Å². The van der Waals surface area contributed by atoms with E-state index in [2.05, 4.69) is 11.8 Å². The summed E-state index contributed by atoms with van der Waals surface area (Å²) in [6.45, 7) is 5.36. The van der Waals surface area contributed by atoms with E-state index in [1.807, 2.05) is 11.9 Å². The molecule has 0 radical (unpaired) electrons. The molecule has 4 heteroatoms. The summed E-state index contributed by atoms with van der Waals surface area (Å²) >= 11 is 5.61. The van der Waals surface area contributed by atoms with Crippen molar-refractivity contribution in [1.82, 2.24) is 9.80 Å². The Morgan fingerprint density at radius 2 is 2.24 bits per heavy atom. The molecule has 1 aliphatic rings. The Bertz CT molecular complexity index is 235. The second-order valence-corrected chi connectivity index (χ2v) is 5.22. The first-order chi connectivity index (χ1) is 8.19. The minimum atomic E-state index is 0.262. The van der Waals surface area contributed by atoms with Crippen molar-refractivity contribution in [3.8, 4) is 0 Å². The van der Waals surface area contributed by atoms with Gasteiger partial charge in [0.05, 0.1) is 0 Å². The minimum absolute atomic E-state index is 0.262. The van der Waals surface area contributed by atoms with Gasteiger partial charge in [0, 0.05) is 31.9 Å². The molecule has 1 saturated heterocycles. The SMILES string of the molecule is CCN1CCCC1CN(C)C(=O)CCCCCl. The summed E-state index contributed by atoms with van der Waals surface area (Å²) in [5, 5.41) is 0. The van der Waals surface area contributed by atoms with E-state index in [0.717, 1.165) is 25.9 Å². The van der Waals surface area contributed by atoms with Crippen LogP contribution in [0.3, 0.4) is 0 Å². The van der Waals surface area contributed by atoms with Crippen molar-refractivity contribution in [2.75, 3.05) is 32.6 Å². The lowest BCUT2D eigenvalue weighted by Crippen LogP contribution is -2.41. The lowest BCUT2D eigenvalue weighted by atomic mass is 10.2. The van der Waals surface area contributed by atoms with Crippen LogP contribution in [0, 0.1) is 0 Å². The minimum Gasteiger partial charge on any atom is -0.344 e. The highest BCUT2D eigenvalue weighted by Gasteiger charge is 2.25. The molecule has 0 bridgehead atoms. The van der Waals surface area contributed by atoms with Crippen LogP contribution in [-0.4, -0.2) is 54.3 Å². The average molecular weight is 261 g/mol. The number of likely N-dealkylation sites (tertiary alicyclic amines) is 1. The van der Waals surface area contributed by atoms with Gasteiger partial charge in [-0.05, 0) is 38.8 Å². The Kier molecular flexibility index (Phi) is 6.90. The van der Waals surface area contributed by atoms with Crippen molar-refractivity contribution in [2.24, 2.45) is 0 Å². The number of carbonyl (C=O) groups is 1. The smallest absolute Gasteiger partial charge is 0.222 e. The Morgan fingerprint density at radius 3 is 2.88 bits per heavy atom. The quantitative estimate of drug-likeness (QED) is 0.518. The van der Waals surface area contributed by atoms with Crippen LogP contribution in [0.1, 0.15) is 39.0 Å². The van der Waals surface area contributed by atoms with Gasteiger partial charge in [-0.2, -0.15) is 0 Å². The molecule has 1 aliphatic heterocycles. The molecule has 0 saturated carbocycles. The van der Waals surface area contributed by atoms with Crippen molar-refractivity contribution in [3.05, 3.63) is 0 Å². The summed E-state index contributed by atoms with van der Waals surface area (Å²) in [4.78, 5) is 16.2. The van der Waals surface area contributed by atoms with Crippen molar-refractivity contribution < 1.29 is 4.79 Å². The van der Waals surface area contributed by atoms with E-state index in [1.54, 1.807) is 0 Å². The molecule has 0 aromatic carbocycles. The molecule has 17 heavy (non-hydrogen) atoms. The Hall–Kier alpha value is -0.280. The number of nitrogens with zero attached hydrogens (tertiary/aromatic N) is 2. The maximum absolute atomic E-state index is 11.9. The summed E-state index contributed by atoms with van der Waals surface area (Å²) in [5.41, 5.74) is 0. The maximum Gasteiger partial charge on any atom is 0.222 e. The van der Waals surface area contributed by atoms with Gasteiger partial charge in [0.15, 0.2) is 0 Å². The first-order valence-electron chi connectivity index (χ1n) is 6.73. The van der Waals surface area contributed by atoms with Gasteiger partial charge in [-0.1, -0.05) is 6.92 Å². The van der Waals surface area contributed by atoms with Crippen molar-refractivity contribution in [3.63, 3.8) is 0 Å². The third-order valence-corrected chi connectivity index (χ3v) is 3.86. The second kappa shape index (κ2) is 7.93. The van der Waals surface area contributed by atoms with Gasteiger partial charge in [0.1, 0.15) is 0 Å². The zero-order chi connectivity index (χ0) is 12.7. The van der Waals surface area contributed by atoms with E-state index in [4.69, 9.17) is 11.6 Å². The number of carbonyl (C=O) groups excluding carboxylic acids is 1. The van der Waals surface area contributed by atoms with Gasteiger partial charge in [-0.3, -0.25) is 9.69 Å². The maximum atomic E-state index is 11.9. The molecule has 1 fully saturated rings. The molecular formula is C13H25ClN2O. The monoisotopic (exact) mass is 260 g/mol. The summed E-state index contributed by atoms with van der Waals surface area (Å²) in [5.74, 6) is 0.918. The molecule has 1 atom stereocenters. The van der Waals surface area contributed by atoms with Crippen molar-refractivity contribution >= 4 is 17.5 Å². The van der Waals surface area contributed by atoms with Gasteiger partial charge in [-0.25, -0.2) is 0 Å². The first kappa shape index (κ1) is 14.8. The lowest BCUT2D eigenvalue weighted by molar-refractivity contribution is -0.130. The molecule has 1 amide bonds. The van der Waals surface area contributed by atoms with Gasteiger partial charge < -0.3 is 4.90 Å². The standard InChI is InChI=1S/C13H25ClN2O/c1-3-16-10-6-7-12(16)11-15(2)13(17)8-4-5-9-14/h12H,3-11H2,1-2H3. The fourth-order valence-electron chi connectivity index (χ4n) is 2.50. The van der Waals surface area contributed by atoms with Gasteiger partial charge in [-0.15, -0.1) is 11.6 Å². The number of likely N-dealkylation sites (N-methyl/N-ethyl adjacent to an activating group) is 2. The lowest BCUT2D eigenvalue weighted by Gasteiger charge is -2.27. The highest BCUT2D eigenvalue weighted by Crippen LogP contribution is 2.17. The molecule has 0 N–H and O–H groups in total. The highest BCUT2D eigenvalue weighted by molar-refractivity contribution is 6.17. The zero-order valence-electron chi connectivity index (χ0n) is 11.1. The number of hydrogen-bond donors (Lipinski definition) is 0. The summed E-state index contributed by atoms with van der Waals surface area (Å²) < 4.78 is 0. The molecule has 0 spiro atoms. The number of alkyl halides is 1. The summed E-state index contributed by atoms with van der Waals surface area (Å²) in [7, 11) is 1.93. The predicted molar refractivity (Wildman–Crippen MR) is 72.5 cm³/mol. The number of halogens is 1. The van der Waals surface area contributed by atoms with Crippen LogP contribution >= 0.6 is 11.6 Å². The number of rotatable bonds is 7. The van der Waals surface area contributed by atoms with Crippen LogP contribution in [0.15, 0.2) is 0 Å². The van der Waals surface area contributed by atoms with Crippen LogP contribution in [-0.2, 0) is 4.79 Å². The molecule has 1 heterocycles. The molecule has 1 rings (SSSR count). The van der Waals surface area contributed by atoms with Crippen LogP contribution in [0.4, 0.5) is 0 Å². The number of amides is 1. The molecule has 3 nitrogen and oxygen atoms in total. The second-order valence-electron chi connectivity index (χ2n) is 4.84. The van der Waals surface area contributed by atoms with Gasteiger partial charge in [0.25, 0.3) is 0 Å². The zero-order valence-corrected chi connectivity index (χ0v) is 11.9. The molecule has 1 unspecified atom stereocenters. The van der Waals surface area contributed by atoms with E-state index >= 15 is 0 Å². The van der Waals surface area contributed by atoms with E-state index in [1.165, 1.54) is 19.4 Å². The number of unbranched alkanes of at least 4 members (excludes halogenated alkanes) is 1. The van der Waals surface area contributed by atoms with E-state index < -0.39 is 0 Å². The first-order valence-corrected chi connectivity index (χ1v) is 7.26. The molecule has 0 aromatic rings. The van der Waals surface area contributed by atoms with E-state index in [0.29, 0.717) is 18.3 Å². The summed E-state index contributed by atoms with van der Waals surface area (Å²) in [6.07, 6.45) is 4.99. The fourth-order valence-corrected chi connectivity index (χ4v) is 2.69. The Morgan fingerprint density at radius 1 is 1.47 bits per heavy atom. The van der Waals surface area contributed by atoms with Crippen LogP contribution in [0.2, 0.25) is 0 Å². The molecule has 0 aromatic heterocycles. The number of hydrogen-bond acceptors (Lipinski definition) is 2. The average Bonchev–Trinajstić information content (AvgIpc) is 2.76. The topological polar surface area (TPSA) is 23.6 Å². The van der Waals surface area contributed by atoms with Crippen molar-refractivity contribution in [1.29, 1.82) is 0 Å². The molecule has 0 aliphatic carbocycles. The fraction of sp³-hybridized carbons (Fsp3) is 0.923. The highest BCUT2D eigenvalue weighted by atomic mass is 35.5.